The van der Waals surface area contributed by atoms with Crippen molar-refractivity contribution in [1.29, 1.82) is 0 Å². The van der Waals surface area contributed by atoms with E-state index in [1.165, 1.54) is 29.5 Å². The monoisotopic (exact) mass is 219 g/mol. The topological polar surface area (TPSA) is 21.3 Å². The Hall–Kier alpha value is -1.02. The molecule has 1 saturated carbocycles. The number of ether oxygens (including phenoxy) is 1. The van der Waals surface area contributed by atoms with E-state index < -0.39 is 0 Å². The summed E-state index contributed by atoms with van der Waals surface area (Å²) in [5, 5.41) is 3.54. The van der Waals surface area contributed by atoms with Gasteiger partial charge in [-0.3, -0.25) is 0 Å². The predicted octanol–water partition coefficient (Wildman–Crippen LogP) is 2.95. The zero-order valence-corrected chi connectivity index (χ0v) is 10.5. The number of benzene rings is 1. The summed E-state index contributed by atoms with van der Waals surface area (Å²) in [6, 6.07) is 5.23. The lowest BCUT2D eigenvalue weighted by Crippen LogP contribution is -2.15. The van der Waals surface area contributed by atoms with Gasteiger partial charge in [-0.15, -0.1) is 0 Å². The number of hydrogen-bond donors (Lipinski definition) is 1. The van der Waals surface area contributed by atoms with Crippen LogP contribution in [-0.4, -0.2) is 12.6 Å². The average molecular weight is 219 g/mol. The third-order valence-corrected chi connectivity index (χ3v) is 2.98. The highest BCUT2D eigenvalue weighted by atomic mass is 16.5. The zero-order valence-electron chi connectivity index (χ0n) is 10.5. The molecule has 0 aliphatic heterocycles. The highest BCUT2D eigenvalue weighted by Gasteiger charge is 2.20. The van der Waals surface area contributed by atoms with Crippen LogP contribution >= 0.6 is 0 Å². The molecule has 0 spiro atoms. The molecule has 2 rings (SSSR count). The van der Waals surface area contributed by atoms with Crippen LogP contribution in [0.4, 0.5) is 0 Å². The van der Waals surface area contributed by atoms with Crippen LogP contribution in [-0.2, 0) is 6.54 Å². The van der Waals surface area contributed by atoms with Gasteiger partial charge >= 0.3 is 0 Å². The Labute approximate surface area is 98.0 Å². The van der Waals surface area contributed by atoms with Gasteiger partial charge in [0, 0.05) is 12.6 Å². The van der Waals surface area contributed by atoms with E-state index in [-0.39, 0.29) is 0 Å². The summed E-state index contributed by atoms with van der Waals surface area (Å²) < 4.78 is 5.64. The predicted molar refractivity (Wildman–Crippen MR) is 66.9 cm³/mol. The number of hydrogen-bond acceptors (Lipinski definition) is 2. The fourth-order valence-corrected chi connectivity index (χ4v) is 2.06. The Kier molecular flexibility index (Phi) is 3.49. The molecule has 16 heavy (non-hydrogen) atoms. The van der Waals surface area contributed by atoms with E-state index in [1.54, 1.807) is 0 Å². The number of nitrogens with one attached hydrogen (secondary N) is 1. The third kappa shape index (κ3) is 2.76. The van der Waals surface area contributed by atoms with Crippen LogP contribution in [0.3, 0.4) is 0 Å². The fourth-order valence-electron chi connectivity index (χ4n) is 2.06. The van der Waals surface area contributed by atoms with Crippen molar-refractivity contribution in [3.05, 3.63) is 28.8 Å². The third-order valence-electron chi connectivity index (χ3n) is 2.98. The molecule has 1 aliphatic carbocycles. The lowest BCUT2D eigenvalue weighted by atomic mass is 10.1. The molecular weight excluding hydrogens is 198 g/mol. The first-order valence-electron chi connectivity index (χ1n) is 6.17. The van der Waals surface area contributed by atoms with Crippen molar-refractivity contribution in [3.63, 3.8) is 0 Å². The Bertz CT molecular complexity index is 346. The molecule has 0 bridgehead atoms. The molecule has 0 aromatic heterocycles. The first-order valence-corrected chi connectivity index (χ1v) is 6.17. The van der Waals surface area contributed by atoms with Crippen LogP contribution in [0, 0.1) is 13.8 Å². The molecule has 2 nitrogen and oxygen atoms in total. The van der Waals surface area contributed by atoms with Crippen molar-refractivity contribution in [2.45, 2.75) is 46.2 Å². The second-order valence-electron chi connectivity index (χ2n) is 4.65. The smallest absolute Gasteiger partial charge is 0.125 e. The van der Waals surface area contributed by atoms with Crippen molar-refractivity contribution in [1.82, 2.24) is 5.32 Å². The van der Waals surface area contributed by atoms with Crippen molar-refractivity contribution in [2.24, 2.45) is 0 Å². The van der Waals surface area contributed by atoms with E-state index in [9.17, 15) is 0 Å². The maximum Gasteiger partial charge on any atom is 0.125 e. The highest BCUT2D eigenvalue weighted by molar-refractivity contribution is 5.43. The zero-order chi connectivity index (χ0) is 11.5. The molecule has 0 atom stereocenters. The maximum atomic E-state index is 5.64. The molecule has 0 unspecified atom stereocenters. The van der Waals surface area contributed by atoms with Crippen molar-refractivity contribution in [2.75, 3.05) is 6.61 Å². The summed E-state index contributed by atoms with van der Waals surface area (Å²) >= 11 is 0. The van der Waals surface area contributed by atoms with Crippen LogP contribution in [0.1, 0.15) is 36.5 Å². The normalized spacial score (nSPS) is 15.2. The first-order chi connectivity index (χ1) is 7.70. The summed E-state index contributed by atoms with van der Waals surface area (Å²) in [7, 11) is 0. The minimum absolute atomic E-state index is 0.737. The van der Waals surface area contributed by atoms with Crippen LogP contribution in [0.25, 0.3) is 0 Å². The standard InChI is InChI=1S/C14H21NO/c1-4-16-14-10(2)7-12(8-11(14)3)9-15-13-5-6-13/h7-8,13,15H,4-6,9H2,1-3H3. The lowest BCUT2D eigenvalue weighted by molar-refractivity contribution is 0.335. The van der Waals surface area contributed by atoms with Crippen LogP contribution in [0.15, 0.2) is 12.1 Å². The summed E-state index contributed by atoms with van der Waals surface area (Å²) in [6.45, 7) is 8.00. The quantitative estimate of drug-likeness (QED) is 0.822. The fraction of sp³-hybridized carbons (Fsp3) is 0.571. The molecule has 1 aliphatic rings. The average Bonchev–Trinajstić information content (AvgIpc) is 3.04. The van der Waals surface area contributed by atoms with E-state index in [4.69, 9.17) is 4.74 Å². The van der Waals surface area contributed by atoms with E-state index in [0.29, 0.717) is 0 Å². The van der Waals surface area contributed by atoms with E-state index >= 15 is 0 Å². The molecule has 0 radical (unpaired) electrons. The molecule has 0 heterocycles. The first kappa shape index (κ1) is 11.5. The summed E-state index contributed by atoms with van der Waals surface area (Å²) in [5.41, 5.74) is 3.86. The van der Waals surface area contributed by atoms with Gasteiger partial charge in [-0.1, -0.05) is 12.1 Å². The van der Waals surface area contributed by atoms with Crippen LogP contribution < -0.4 is 10.1 Å². The molecule has 1 N–H and O–H groups in total. The Morgan fingerprint density at radius 2 is 1.88 bits per heavy atom. The maximum absolute atomic E-state index is 5.64. The van der Waals surface area contributed by atoms with Crippen LogP contribution in [0.5, 0.6) is 5.75 Å². The Balaban J connectivity index is 2.08. The van der Waals surface area contributed by atoms with Gasteiger partial charge in [0.15, 0.2) is 0 Å². The Morgan fingerprint density at radius 1 is 1.25 bits per heavy atom. The summed E-state index contributed by atoms with van der Waals surface area (Å²) in [6.07, 6.45) is 2.68. The van der Waals surface area contributed by atoms with Crippen molar-refractivity contribution >= 4 is 0 Å². The van der Waals surface area contributed by atoms with Gasteiger partial charge in [0.05, 0.1) is 6.61 Å². The molecule has 0 saturated heterocycles. The van der Waals surface area contributed by atoms with Gasteiger partial charge < -0.3 is 10.1 Å². The van der Waals surface area contributed by atoms with Gasteiger partial charge in [0.2, 0.25) is 0 Å². The van der Waals surface area contributed by atoms with E-state index in [1.807, 2.05) is 6.92 Å². The van der Waals surface area contributed by atoms with Gasteiger partial charge in [-0.2, -0.15) is 0 Å². The summed E-state index contributed by atoms with van der Waals surface area (Å²) in [4.78, 5) is 0. The van der Waals surface area contributed by atoms with E-state index in [2.05, 4.69) is 31.3 Å². The number of rotatable bonds is 5. The molecule has 1 fully saturated rings. The largest absolute Gasteiger partial charge is 0.493 e. The van der Waals surface area contributed by atoms with Gasteiger partial charge in [-0.25, -0.2) is 0 Å². The minimum atomic E-state index is 0.737. The minimum Gasteiger partial charge on any atom is -0.493 e. The number of aryl methyl sites for hydroxylation is 2. The Morgan fingerprint density at radius 3 is 2.38 bits per heavy atom. The van der Waals surface area contributed by atoms with Gasteiger partial charge in [0.25, 0.3) is 0 Å². The van der Waals surface area contributed by atoms with Crippen molar-refractivity contribution < 1.29 is 4.74 Å². The van der Waals surface area contributed by atoms with Crippen LogP contribution in [0.2, 0.25) is 0 Å². The SMILES string of the molecule is CCOc1c(C)cc(CNC2CC2)cc1C. The highest BCUT2D eigenvalue weighted by Crippen LogP contribution is 2.25. The molecule has 2 heteroatoms. The summed E-state index contributed by atoms with van der Waals surface area (Å²) in [5.74, 6) is 1.05. The molecule has 88 valence electrons. The molecule has 0 amide bonds. The van der Waals surface area contributed by atoms with Gasteiger partial charge in [0.1, 0.15) is 5.75 Å². The molecule has 1 aromatic carbocycles. The second kappa shape index (κ2) is 4.88. The lowest BCUT2D eigenvalue weighted by Gasteiger charge is -2.13. The van der Waals surface area contributed by atoms with Crippen molar-refractivity contribution in [3.8, 4) is 5.75 Å². The molecule has 1 aromatic rings. The molecular formula is C14H21NO. The second-order valence-corrected chi connectivity index (χ2v) is 4.65. The van der Waals surface area contributed by atoms with Gasteiger partial charge in [-0.05, 0) is 50.3 Å². The van der Waals surface area contributed by atoms with E-state index in [0.717, 1.165) is 24.9 Å².